The van der Waals surface area contributed by atoms with Gasteiger partial charge in [0.2, 0.25) is 0 Å². The predicted octanol–water partition coefficient (Wildman–Crippen LogP) is 3.76. The number of alkyl halides is 1. The molecule has 0 unspecified atom stereocenters. The van der Waals surface area contributed by atoms with Crippen LogP contribution in [0, 0.1) is 5.82 Å². The highest BCUT2D eigenvalue weighted by molar-refractivity contribution is 9.10. The van der Waals surface area contributed by atoms with E-state index in [1.807, 2.05) is 0 Å². The van der Waals surface area contributed by atoms with Gasteiger partial charge in [-0.2, -0.15) is 0 Å². The summed E-state index contributed by atoms with van der Waals surface area (Å²) >= 11 is 8.66. The van der Waals surface area contributed by atoms with Gasteiger partial charge < -0.3 is 4.74 Å². The van der Waals surface area contributed by atoms with Gasteiger partial charge in [-0.05, 0) is 23.8 Å². The zero-order valence-corrected chi connectivity index (χ0v) is 9.74. The van der Waals surface area contributed by atoms with Crippen molar-refractivity contribution in [1.29, 1.82) is 0 Å². The van der Waals surface area contributed by atoms with E-state index in [-0.39, 0.29) is 12.4 Å². The number of rotatable bonds is 4. The van der Waals surface area contributed by atoms with E-state index in [4.69, 9.17) is 16.3 Å². The van der Waals surface area contributed by atoms with Crippen molar-refractivity contribution in [2.75, 3.05) is 12.5 Å². The Morgan fingerprint density at radius 2 is 2.29 bits per heavy atom. The van der Waals surface area contributed by atoms with Crippen LogP contribution in [0.15, 0.2) is 34.8 Å². The summed E-state index contributed by atoms with van der Waals surface area (Å²) in [6.07, 6.45) is 0. The van der Waals surface area contributed by atoms with Gasteiger partial charge >= 0.3 is 0 Å². The Kier molecular flexibility index (Phi) is 4.42. The van der Waals surface area contributed by atoms with Crippen LogP contribution in [0.2, 0.25) is 0 Å². The third-order valence-corrected chi connectivity index (χ3v) is 2.39. The average molecular weight is 280 g/mol. The number of hydrogen-bond acceptors (Lipinski definition) is 1. The van der Waals surface area contributed by atoms with Crippen molar-refractivity contribution in [2.45, 2.75) is 0 Å². The highest BCUT2D eigenvalue weighted by atomic mass is 79.9. The molecule has 76 valence electrons. The van der Waals surface area contributed by atoms with E-state index in [0.29, 0.717) is 15.9 Å². The Morgan fingerprint density at radius 1 is 1.57 bits per heavy atom. The van der Waals surface area contributed by atoms with Crippen molar-refractivity contribution in [1.82, 2.24) is 0 Å². The van der Waals surface area contributed by atoms with Crippen LogP contribution in [0.25, 0.3) is 0 Å². The summed E-state index contributed by atoms with van der Waals surface area (Å²) in [5, 5.41) is 0. The summed E-state index contributed by atoms with van der Waals surface area (Å²) < 4.78 is 19.0. The first kappa shape index (κ1) is 11.5. The zero-order valence-electron chi connectivity index (χ0n) is 7.40. The van der Waals surface area contributed by atoms with Crippen LogP contribution in [-0.4, -0.2) is 12.5 Å². The fraction of sp³-hybridized carbons (Fsp3) is 0.200. The van der Waals surface area contributed by atoms with E-state index in [2.05, 4.69) is 22.5 Å². The topological polar surface area (TPSA) is 9.23 Å². The van der Waals surface area contributed by atoms with E-state index in [1.54, 1.807) is 12.1 Å². The van der Waals surface area contributed by atoms with E-state index >= 15 is 0 Å². The maximum atomic E-state index is 13.2. The molecule has 0 aliphatic rings. The van der Waals surface area contributed by atoms with E-state index < -0.39 is 5.82 Å². The Morgan fingerprint density at radius 3 is 2.86 bits per heavy atom. The van der Waals surface area contributed by atoms with Crippen molar-refractivity contribution in [3.05, 3.63) is 40.6 Å². The summed E-state index contributed by atoms with van der Waals surface area (Å²) in [5.74, 6) is 0.124. The molecule has 0 spiro atoms. The van der Waals surface area contributed by atoms with Crippen LogP contribution in [0.3, 0.4) is 0 Å². The molecule has 1 nitrogen and oxygen atoms in total. The second kappa shape index (κ2) is 5.37. The minimum atomic E-state index is -0.401. The van der Waals surface area contributed by atoms with Crippen molar-refractivity contribution in [3.63, 3.8) is 0 Å². The molecule has 0 aliphatic heterocycles. The second-order valence-electron chi connectivity index (χ2n) is 2.75. The molecule has 0 N–H and O–H groups in total. The molecule has 0 bridgehead atoms. The van der Waals surface area contributed by atoms with Gasteiger partial charge in [-0.3, -0.25) is 0 Å². The summed E-state index contributed by atoms with van der Waals surface area (Å²) in [7, 11) is 0. The molecule has 0 atom stereocenters. The van der Waals surface area contributed by atoms with Gasteiger partial charge in [0.15, 0.2) is 11.6 Å². The fourth-order valence-corrected chi connectivity index (χ4v) is 1.22. The Labute approximate surface area is 95.7 Å². The van der Waals surface area contributed by atoms with Gasteiger partial charge in [-0.1, -0.05) is 22.5 Å². The largest absolute Gasteiger partial charge is 0.486 e. The normalized spacial score (nSPS) is 9.93. The predicted molar refractivity (Wildman–Crippen MR) is 59.5 cm³/mol. The molecule has 1 aromatic carbocycles. The first-order valence-electron chi connectivity index (χ1n) is 3.94. The van der Waals surface area contributed by atoms with E-state index in [0.717, 1.165) is 0 Å². The molecular weight excluding hydrogens is 270 g/mol. The Balaban J connectivity index is 2.63. The molecule has 0 amide bonds. The van der Waals surface area contributed by atoms with Crippen LogP contribution in [0.5, 0.6) is 5.75 Å². The molecule has 0 saturated heterocycles. The standard InChI is InChI=1S/C10H9BrClFO/c1-7(5-12)6-14-10-3-2-8(11)4-9(10)13/h2-4H,1,5-6H2. The smallest absolute Gasteiger partial charge is 0.166 e. The highest BCUT2D eigenvalue weighted by Crippen LogP contribution is 2.21. The summed E-state index contributed by atoms with van der Waals surface area (Å²) in [6, 6.07) is 4.61. The van der Waals surface area contributed by atoms with Gasteiger partial charge in [0.25, 0.3) is 0 Å². The maximum absolute atomic E-state index is 13.2. The minimum absolute atomic E-state index is 0.208. The highest BCUT2D eigenvalue weighted by Gasteiger charge is 2.03. The molecule has 14 heavy (non-hydrogen) atoms. The average Bonchev–Trinajstić information content (AvgIpc) is 2.16. The van der Waals surface area contributed by atoms with Crippen LogP contribution in [-0.2, 0) is 0 Å². The lowest BCUT2D eigenvalue weighted by molar-refractivity contribution is 0.333. The van der Waals surface area contributed by atoms with Crippen molar-refractivity contribution >= 4 is 27.5 Å². The number of hydrogen-bond donors (Lipinski definition) is 0. The van der Waals surface area contributed by atoms with Gasteiger partial charge in [0, 0.05) is 10.4 Å². The SMILES string of the molecule is C=C(CCl)COc1ccc(Br)cc1F. The molecule has 0 aliphatic carbocycles. The maximum Gasteiger partial charge on any atom is 0.166 e. The molecule has 0 radical (unpaired) electrons. The van der Waals surface area contributed by atoms with Crippen molar-refractivity contribution < 1.29 is 9.13 Å². The molecule has 1 aromatic rings. The third-order valence-electron chi connectivity index (χ3n) is 1.51. The van der Waals surface area contributed by atoms with Gasteiger partial charge in [-0.15, -0.1) is 11.6 Å². The molecular formula is C10H9BrClFO. The molecule has 0 saturated carbocycles. The first-order valence-corrected chi connectivity index (χ1v) is 5.26. The van der Waals surface area contributed by atoms with Crippen LogP contribution in [0.1, 0.15) is 0 Å². The fourth-order valence-electron chi connectivity index (χ4n) is 0.811. The molecule has 0 aromatic heterocycles. The van der Waals surface area contributed by atoms with Gasteiger partial charge in [0.1, 0.15) is 6.61 Å². The van der Waals surface area contributed by atoms with Gasteiger partial charge in [0.05, 0.1) is 0 Å². The molecule has 4 heteroatoms. The van der Waals surface area contributed by atoms with Crippen LogP contribution >= 0.6 is 27.5 Å². The molecule has 0 heterocycles. The van der Waals surface area contributed by atoms with Crippen molar-refractivity contribution in [3.8, 4) is 5.75 Å². The second-order valence-corrected chi connectivity index (χ2v) is 3.93. The van der Waals surface area contributed by atoms with Gasteiger partial charge in [-0.25, -0.2) is 4.39 Å². The van der Waals surface area contributed by atoms with Crippen LogP contribution in [0.4, 0.5) is 4.39 Å². The first-order chi connectivity index (χ1) is 6.63. The Hall–Kier alpha value is -0.540. The Bertz CT molecular complexity index is 341. The molecule has 1 rings (SSSR count). The number of halogens is 3. The monoisotopic (exact) mass is 278 g/mol. The number of ether oxygens (including phenoxy) is 1. The summed E-state index contributed by atoms with van der Waals surface area (Å²) in [4.78, 5) is 0. The lowest BCUT2D eigenvalue weighted by atomic mass is 10.3. The van der Waals surface area contributed by atoms with E-state index in [9.17, 15) is 4.39 Å². The van der Waals surface area contributed by atoms with E-state index in [1.165, 1.54) is 6.07 Å². The minimum Gasteiger partial charge on any atom is -0.486 e. The van der Waals surface area contributed by atoms with Crippen LogP contribution < -0.4 is 4.74 Å². The zero-order chi connectivity index (χ0) is 10.6. The molecule has 0 fully saturated rings. The quantitative estimate of drug-likeness (QED) is 0.602. The lowest BCUT2D eigenvalue weighted by Gasteiger charge is -2.07. The lowest BCUT2D eigenvalue weighted by Crippen LogP contribution is -2.02. The summed E-state index contributed by atoms with van der Waals surface area (Å²) in [5.41, 5.74) is 0.717. The van der Waals surface area contributed by atoms with Crippen molar-refractivity contribution in [2.24, 2.45) is 0 Å². The third kappa shape index (κ3) is 3.31. The number of benzene rings is 1. The summed E-state index contributed by atoms with van der Waals surface area (Å²) in [6.45, 7) is 3.88.